The van der Waals surface area contributed by atoms with E-state index < -0.39 is 29.9 Å². The highest BCUT2D eigenvalue weighted by Crippen LogP contribution is 2.29. The van der Waals surface area contributed by atoms with E-state index in [0.29, 0.717) is 34.3 Å². The van der Waals surface area contributed by atoms with Gasteiger partial charge in [0.15, 0.2) is 6.23 Å². The van der Waals surface area contributed by atoms with Crippen LogP contribution in [-0.4, -0.2) is 44.1 Å². The SMILES string of the molecule is Cc1ccccc1-c1ccc(C(O)NC(Cc2ccc(-c3noc(-c4ccc(NC(=O)OC(C)(C)C)cc4)n3)c(I)c2)C(=O)O)o1. The zero-order chi connectivity index (χ0) is 33.0. The third kappa shape index (κ3) is 8.19. The van der Waals surface area contributed by atoms with E-state index in [2.05, 4.69) is 43.4 Å². The summed E-state index contributed by atoms with van der Waals surface area (Å²) in [6.45, 7) is 7.33. The van der Waals surface area contributed by atoms with Crippen LogP contribution in [-0.2, 0) is 16.0 Å². The first-order valence-electron chi connectivity index (χ1n) is 14.4. The van der Waals surface area contributed by atoms with Crippen LogP contribution >= 0.6 is 22.6 Å². The summed E-state index contributed by atoms with van der Waals surface area (Å²) in [4.78, 5) is 28.7. The largest absolute Gasteiger partial charge is 0.480 e. The van der Waals surface area contributed by atoms with Crippen LogP contribution in [0.1, 0.15) is 43.9 Å². The molecule has 0 bridgehead atoms. The van der Waals surface area contributed by atoms with Crippen LogP contribution in [0.25, 0.3) is 34.2 Å². The number of aryl methyl sites for hydroxylation is 1. The van der Waals surface area contributed by atoms with Gasteiger partial charge in [0.2, 0.25) is 5.82 Å². The molecule has 2 unspecified atom stereocenters. The zero-order valence-electron chi connectivity index (χ0n) is 25.6. The number of anilines is 1. The number of amides is 1. The Kier molecular flexibility index (Phi) is 9.89. The number of furan rings is 1. The summed E-state index contributed by atoms with van der Waals surface area (Å²) in [6, 6.07) is 22.4. The maximum Gasteiger partial charge on any atom is 0.412 e. The fourth-order valence-electron chi connectivity index (χ4n) is 4.65. The molecular formula is C34H33IN4O7. The Morgan fingerprint density at radius 2 is 1.74 bits per heavy atom. The van der Waals surface area contributed by atoms with Crippen LogP contribution in [0, 0.1) is 10.5 Å². The van der Waals surface area contributed by atoms with Crippen LogP contribution in [0.5, 0.6) is 0 Å². The Labute approximate surface area is 279 Å². The zero-order valence-corrected chi connectivity index (χ0v) is 27.7. The number of ether oxygens (including phenoxy) is 1. The average molecular weight is 737 g/mol. The highest BCUT2D eigenvalue weighted by molar-refractivity contribution is 14.1. The molecule has 2 aromatic heterocycles. The van der Waals surface area contributed by atoms with Crippen molar-refractivity contribution in [3.63, 3.8) is 0 Å². The van der Waals surface area contributed by atoms with Crippen LogP contribution in [0.4, 0.5) is 10.5 Å². The predicted octanol–water partition coefficient (Wildman–Crippen LogP) is 7.20. The highest BCUT2D eigenvalue weighted by Gasteiger charge is 2.25. The maximum atomic E-state index is 12.1. The second kappa shape index (κ2) is 13.8. The topological polar surface area (TPSA) is 160 Å². The number of nitrogens with one attached hydrogen (secondary N) is 2. The van der Waals surface area contributed by atoms with Gasteiger partial charge in [-0.3, -0.25) is 15.4 Å². The van der Waals surface area contributed by atoms with Gasteiger partial charge in [0.1, 0.15) is 23.2 Å². The van der Waals surface area contributed by atoms with E-state index >= 15 is 0 Å². The lowest BCUT2D eigenvalue weighted by molar-refractivity contribution is -0.140. The van der Waals surface area contributed by atoms with Crippen molar-refractivity contribution in [3.05, 3.63) is 99.3 Å². The van der Waals surface area contributed by atoms with Gasteiger partial charge < -0.3 is 23.9 Å². The molecular weight excluding hydrogens is 703 g/mol. The van der Waals surface area contributed by atoms with Gasteiger partial charge in [0.25, 0.3) is 5.89 Å². The number of aliphatic hydroxyl groups excluding tert-OH is 1. The van der Waals surface area contributed by atoms with E-state index in [1.807, 2.05) is 37.3 Å². The number of hydrogen-bond acceptors (Lipinski definition) is 9. The lowest BCUT2D eigenvalue weighted by Crippen LogP contribution is -2.40. The number of aromatic nitrogens is 2. The van der Waals surface area contributed by atoms with Crippen LogP contribution in [0.3, 0.4) is 0 Å². The van der Waals surface area contributed by atoms with Crippen molar-refractivity contribution < 1.29 is 33.5 Å². The lowest BCUT2D eigenvalue weighted by Gasteiger charge is -2.19. The predicted molar refractivity (Wildman–Crippen MR) is 180 cm³/mol. The third-order valence-electron chi connectivity index (χ3n) is 6.88. The summed E-state index contributed by atoms with van der Waals surface area (Å²) < 4.78 is 17.4. The molecule has 3 aromatic carbocycles. The minimum Gasteiger partial charge on any atom is -0.480 e. The minimum atomic E-state index is -1.32. The van der Waals surface area contributed by atoms with Gasteiger partial charge in [-0.05, 0) is 116 Å². The van der Waals surface area contributed by atoms with Gasteiger partial charge >= 0.3 is 12.1 Å². The number of aliphatic carboxylic acids is 1. The molecule has 12 heteroatoms. The lowest BCUT2D eigenvalue weighted by atomic mass is 10.0. The van der Waals surface area contributed by atoms with Crippen molar-refractivity contribution in [2.75, 3.05) is 5.32 Å². The van der Waals surface area contributed by atoms with Crippen LogP contribution < -0.4 is 10.6 Å². The van der Waals surface area contributed by atoms with E-state index in [0.717, 1.165) is 20.3 Å². The molecule has 2 heterocycles. The van der Waals surface area contributed by atoms with E-state index in [9.17, 15) is 19.8 Å². The number of carbonyl (C=O) groups excluding carboxylic acids is 1. The number of nitrogens with zero attached hydrogens (tertiary/aromatic N) is 2. The summed E-state index contributed by atoms with van der Waals surface area (Å²) in [5.41, 5.74) is 3.97. The van der Waals surface area contributed by atoms with Gasteiger partial charge in [0.05, 0.1) is 0 Å². The summed E-state index contributed by atoms with van der Waals surface area (Å²) in [5, 5.41) is 30.2. The molecule has 2 atom stereocenters. The number of aliphatic hydroxyl groups is 1. The average Bonchev–Trinajstić information content (AvgIpc) is 3.67. The molecule has 1 amide bonds. The molecule has 4 N–H and O–H groups in total. The quantitative estimate of drug-likeness (QED) is 0.0853. The van der Waals surface area contributed by atoms with E-state index in [-0.39, 0.29) is 12.2 Å². The first kappa shape index (κ1) is 32.9. The second-order valence-corrected chi connectivity index (χ2v) is 12.8. The molecule has 0 aliphatic carbocycles. The van der Waals surface area contributed by atoms with Crippen molar-refractivity contribution >= 4 is 40.3 Å². The summed E-state index contributed by atoms with van der Waals surface area (Å²) in [5.74, 6) is 0.358. The third-order valence-corrected chi connectivity index (χ3v) is 7.77. The first-order valence-corrected chi connectivity index (χ1v) is 15.5. The molecule has 0 saturated heterocycles. The molecule has 11 nitrogen and oxygen atoms in total. The Bertz CT molecular complexity index is 1840. The molecule has 0 spiro atoms. The summed E-state index contributed by atoms with van der Waals surface area (Å²) >= 11 is 2.14. The van der Waals surface area contributed by atoms with E-state index in [1.165, 1.54) is 0 Å². The molecule has 0 saturated carbocycles. The molecule has 238 valence electrons. The van der Waals surface area contributed by atoms with Gasteiger partial charge in [0, 0.05) is 25.9 Å². The first-order chi connectivity index (χ1) is 21.9. The monoisotopic (exact) mass is 736 g/mol. The Morgan fingerprint density at radius 3 is 2.41 bits per heavy atom. The van der Waals surface area contributed by atoms with Crippen molar-refractivity contribution in [1.82, 2.24) is 15.5 Å². The van der Waals surface area contributed by atoms with Crippen LogP contribution in [0.15, 0.2) is 87.8 Å². The van der Waals surface area contributed by atoms with Gasteiger partial charge in [-0.25, -0.2) is 4.79 Å². The summed E-state index contributed by atoms with van der Waals surface area (Å²) in [7, 11) is 0. The molecule has 46 heavy (non-hydrogen) atoms. The normalized spacial score (nSPS) is 12.8. The number of carboxylic acid groups (broad SMARTS) is 1. The Morgan fingerprint density at radius 1 is 1.00 bits per heavy atom. The van der Waals surface area contributed by atoms with Gasteiger partial charge in [-0.15, -0.1) is 0 Å². The summed E-state index contributed by atoms with van der Waals surface area (Å²) in [6.07, 6.45) is -1.77. The number of hydrogen-bond donors (Lipinski definition) is 4. The molecule has 0 aliphatic heterocycles. The molecule has 0 fully saturated rings. The fourth-order valence-corrected chi connectivity index (χ4v) is 5.48. The number of benzene rings is 3. The molecule has 0 radical (unpaired) electrons. The second-order valence-electron chi connectivity index (χ2n) is 11.6. The van der Waals surface area contributed by atoms with Gasteiger partial charge in [-0.2, -0.15) is 4.98 Å². The fraction of sp³-hybridized carbons (Fsp3) is 0.235. The standard InChI is InChI=1S/C34H33IN4O7/c1-19-7-5-6-8-23(19)27-15-16-28(44-27)30(40)37-26(32(41)42)18-20-9-14-24(25(35)17-20)29-38-31(46-39-29)21-10-12-22(13-11-21)36-33(43)45-34(2,3)4/h5-17,26,30,37,40H,18H2,1-4H3,(H,36,43)(H,41,42). The number of halogens is 1. The molecule has 5 aromatic rings. The van der Waals surface area contributed by atoms with Gasteiger partial charge in [-0.1, -0.05) is 35.5 Å². The van der Waals surface area contributed by atoms with E-state index in [1.54, 1.807) is 69.3 Å². The van der Waals surface area contributed by atoms with Crippen molar-refractivity contribution in [3.8, 4) is 34.2 Å². The number of rotatable bonds is 10. The van der Waals surface area contributed by atoms with Crippen molar-refractivity contribution in [2.45, 2.75) is 52.0 Å². The van der Waals surface area contributed by atoms with Crippen molar-refractivity contribution in [1.29, 1.82) is 0 Å². The number of carbonyl (C=O) groups is 2. The highest BCUT2D eigenvalue weighted by atomic mass is 127. The maximum absolute atomic E-state index is 12.1. The molecule has 0 aliphatic rings. The number of carboxylic acids is 1. The Balaban J connectivity index is 1.23. The minimum absolute atomic E-state index is 0.106. The smallest absolute Gasteiger partial charge is 0.412 e. The Hall–Kier alpha value is -4.53. The van der Waals surface area contributed by atoms with E-state index in [4.69, 9.17) is 13.7 Å². The molecule has 5 rings (SSSR count). The van der Waals surface area contributed by atoms with Crippen molar-refractivity contribution in [2.24, 2.45) is 0 Å². The van der Waals surface area contributed by atoms with Crippen LogP contribution in [0.2, 0.25) is 0 Å².